The zero-order valence-corrected chi connectivity index (χ0v) is 22.6. The van der Waals surface area contributed by atoms with Crippen LogP contribution < -0.4 is 5.73 Å². The van der Waals surface area contributed by atoms with Crippen LogP contribution in [0, 0.1) is 11.3 Å². The Morgan fingerprint density at radius 2 is 1.88 bits per heavy atom. The number of hydrogen-bond donors (Lipinski definition) is 2. The van der Waals surface area contributed by atoms with Crippen LogP contribution in [0.1, 0.15) is 67.0 Å². The van der Waals surface area contributed by atoms with E-state index >= 15 is 0 Å². The molecule has 0 aliphatic heterocycles. The predicted molar refractivity (Wildman–Crippen MR) is 147 cm³/mol. The first kappa shape index (κ1) is 27.6. The van der Waals surface area contributed by atoms with Crippen molar-refractivity contribution in [3.05, 3.63) is 83.4 Å². The Kier molecular flexibility index (Phi) is 6.43. The summed E-state index contributed by atoms with van der Waals surface area (Å²) < 4.78 is 41.5. The van der Waals surface area contributed by atoms with Gasteiger partial charge in [0.2, 0.25) is 0 Å². The summed E-state index contributed by atoms with van der Waals surface area (Å²) in [6, 6.07) is 12.5. The number of carbonyl (C=O) groups is 3. The number of benzene rings is 2. The minimum Gasteiger partial charge on any atom is -0.480 e. The van der Waals surface area contributed by atoms with Gasteiger partial charge in [-0.15, -0.1) is 0 Å². The molecule has 0 radical (unpaired) electrons. The normalized spacial score (nSPS) is 23.2. The Bertz CT molecular complexity index is 1750. The smallest absolute Gasteiger partial charge is 0.416 e. The molecule has 0 spiro atoms. The van der Waals surface area contributed by atoms with Gasteiger partial charge >= 0.3 is 12.1 Å². The molecule has 2 aromatic carbocycles. The number of carboxylic acids is 1. The molecule has 2 fully saturated rings. The van der Waals surface area contributed by atoms with E-state index in [0.29, 0.717) is 34.6 Å². The molecular formula is C31H27F3N4O4. The lowest BCUT2D eigenvalue weighted by atomic mass is 9.57. The summed E-state index contributed by atoms with van der Waals surface area (Å²) in [6.07, 6.45) is -1.11. The number of halogens is 3. The van der Waals surface area contributed by atoms with Crippen LogP contribution in [0.2, 0.25) is 0 Å². The minimum atomic E-state index is -4.44. The van der Waals surface area contributed by atoms with Crippen molar-refractivity contribution >= 4 is 28.9 Å². The predicted octanol–water partition coefficient (Wildman–Crippen LogP) is 5.65. The van der Waals surface area contributed by atoms with Crippen LogP contribution in [0.5, 0.6) is 0 Å². The molecule has 2 saturated carbocycles. The number of nitrogens with zero attached hydrogens (tertiary/aromatic N) is 3. The largest absolute Gasteiger partial charge is 0.480 e. The van der Waals surface area contributed by atoms with E-state index < -0.39 is 34.8 Å². The highest BCUT2D eigenvalue weighted by Gasteiger charge is 2.58. The quantitative estimate of drug-likeness (QED) is 0.294. The van der Waals surface area contributed by atoms with Crippen molar-refractivity contribution in [2.75, 3.05) is 5.73 Å². The zero-order chi connectivity index (χ0) is 30.0. The molecule has 6 rings (SSSR count). The molecule has 2 heterocycles. The third kappa shape index (κ3) is 4.34. The number of alkyl halides is 3. The summed E-state index contributed by atoms with van der Waals surface area (Å²) in [5.74, 6) is -2.80. The third-order valence-electron chi connectivity index (χ3n) is 8.88. The molecule has 11 heteroatoms. The number of ketones is 2. The van der Waals surface area contributed by atoms with Gasteiger partial charge in [0.05, 0.1) is 11.5 Å². The van der Waals surface area contributed by atoms with E-state index in [1.165, 1.54) is 12.3 Å². The molecule has 3 unspecified atom stereocenters. The number of hydrogen-bond acceptors (Lipinski definition) is 6. The zero-order valence-electron chi connectivity index (χ0n) is 22.6. The third-order valence-corrected chi connectivity index (χ3v) is 8.88. The molecule has 2 aliphatic carbocycles. The molecule has 4 atom stereocenters. The first-order valence-corrected chi connectivity index (χ1v) is 13.6. The second-order valence-electron chi connectivity index (χ2n) is 11.3. The van der Waals surface area contributed by atoms with Crippen molar-refractivity contribution < 1.29 is 32.7 Å². The molecule has 2 aromatic heterocycles. The number of nitrogen functional groups attached to an aromatic ring is 1. The second-order valence-corrected chi connectivity index (χ2v) is 11.3. The van der Waals surface area contributed by atoms with Crippen LogP contribution in [0.15, 0.2) is 60.9 Å². The van der Waals surface area contributed by atoms with Crippen LogP contribution in [-0.2, 0) is 20.6 Å². The summed E-state index contributed by atoms with van der Waals surface area (Å²) in [5, 5.41) is 9.86. The SMILES string of the molecule is C[C@@H](c1ccc(-c2nc(C3C(=O)CC4(C(=O)O)CC3CCC4=O)n3ccnc(N)c23)cc1)c1cccc(C(F)(F)F)c1. The Labute approximate surface area is 238 Å². The Balaban J connectivity index is 1.38. The van der Waals surface area contributed by atoms with Gasteiger partial charge in [0, 0.05) is 36.7 Å². The lowest BCUT2D eigenvalue weighted by Gasteiger charge is -2.43. The van der Waals surface area contributed by atoms with Gasteiger partial charge < -0.3 is 10.8 Å². The van der Waals surface area contributed by atoms with Gasteiger partial charge in [0.1, 0.15) is 34.1 Å². The average molecular weight is 577 g/mol. The summed E-state index contributed by atoms with van der Waals surface area (Å²) in [4.78, 5) is 47.3. The maximum atomic E-state index is 13.5. The van der Waals surface area contributed by atoms with Crippen LogP contribution >= 0.6 is 0 Å². The molecule has 3 N–H and O–H groups in total. The topological polar surface area (TPSA) is 128 Å². The van der Waals surface area contributed by atoms with E-state index in [1.807, 2.05) is 19.1 Å². The molecule has 8 nitrogen and oxygen atoms in total. The van der Waals surface area contributed by atoms with Crippen LogP contribution in [0.25, 0.3) is 16.8 Å². The lowest BCUT2D eigenvalue weighted by molar-refractivity contribution is -0.165. The lowest BCUT2D eigenvalue weighted by Crippen LogP contribution is -2.52. The summed E-state index contributed by atoms with van der Waals surface area (Å²) in [7, 11) is 0. The van der Waals surface area contributed by atoms with Crippen LogP contribution in [-0.4, -0.2) is 37.0 Å². The number of anilines is 1. The highest BCUT2D eigenvalue weighted by Crippen LogP contribution is 2.51. The fourth-order valence-corrected chi connectivity index (χ4v) is 6.60. The molecule has 0 saturated heterocycles. The first-order chi connectivity index (χ1) is 19.9. The standard InChI is InChI=1S/C31H27F3N4O4/c1-16(19-3-2-4-21(13-19)31(32,33)34)17-5-7-18(8-6-17)25-26-27(35)36-11-12-38(26)28(37-25)24-20-9-10-23(40)30(14-20,29(41)42)15-22(24)39/h2-8,11-13,16,20,24H,9-10,14-15H2,1H3,(H2,35,36)(H,41,42)/t16-,20?,24?,30?/m0/s1. The molecule has 4 aromatic rings. The van der Waals surface area contributed by atoms with Crippen molar-refractivity contribution in [1.29, 1.82) is 0 Å². The van der Waals surface area contributed by atoms with Crippen molar-refractivity contribution in [2.45, 2.75) is 50.6 Å². The molecule has 0 amide bonds. The molecule has 42 heavy (non-hydrogen) atoms. The van der Waals surface area contributed by atoms with Gasteiger partial charge in [-0.1, -0.05) is 49.4 Å². The van der Waals surface area contributed by atoms with Gasteiger partial charge in [-0.05, 0) is 36.0 Å². The molecule has 2 aliphatic rings. The Hall–Kier alpha value is -4.54. The number of carbonyl (C=O) groups excluding carboxylic acids is 2. The second kappa shape index (κ2) is 9.78. The number of imidazole rings is 1. The van der Waals surface area contributed by atoms with E-state index in [2.05, 4.69) is 4.98 Å². The van der Waals surface area contributed by atoms with Crippen LogP contribution in [0.3, 0.4) is 0 Å². The number of Topliss-reactive ketones (excluding diaryl/α,β-unsaturated/α-hetero) is 2. The Morgan fingerprint density at radius 1 is 1.14 bits per heavy atom. The van der Waals surface area contributed by atoms with Gasteiger partial charge in [0.25, 0.3) is 0 Å². The number of aromatic nitrogens is 3. The van der Waals surface area contributed by atoms with Crippen molar-refractivity contribution in [3.8, 4) is 11.3 Å². The Morgan fingerprint density at radius 3 is 2.57 bits per heavy atom. The van der Waals surface area contributed by atoms with Crippen LogP contribution in [0.4, 0.5) is 19.0 Å². The monoisotopic (exact) mass is 576 g/mol. The highest BCUT2D eigenvalue weighted by molar-refractivity contribution is 6.09. The van der Waals surface area contributed by atoms with Crippen molar-refractivity contribution in [2.24, 2.45) is 11.3 Å². The fourth-order valence-electron chi connectivity index (χ4n) is 6.60. The highest BCUT2D eigenvalue weighted by atomic mass is 19.4. The number of fused-ring (bicyclic) bond motifs is 3. The van der Waals surface area contributed by atoms with Gasteiger partial charge in [-0.25, -0.2) is 9.97 Å². The average Bonchev–Trinajstić information content (AvgIpc) is 3.34. The maximum Gasteiger partial charge on any atom is 0.416 e. The molecular weight excluding hydrogens is 549 g/mol. The fraction of sp³-hybridized carbons (Fsp3) is 0.323. The maximum absolute atomic E-state index is 13.5. The number of carboxylic acid groups (broad SMARTS) is 1. The van der Waals surface area contributed by atoms with E-state index in [-0.39, 0.29) is 42.7 Å². The summed E-state index contributed by atoms with van der Waals surface area (Å²) >= 11 is 0. The summed E-state index contributed by atoms with van der Waals surface area (Å²) in [5.41, 5.74) is 6.85. The van der Waals surface area contributed by atoms with Gasteiger partial charge in [0.15, 0.2) is 5.78 Å². The van der Waals surface area contributed by atoms with Crippen molar-refractivity contribution in [1.82, 2.24) is 14.4 Å². The summed E-state index contributed by atoms with van der Waals surface area (Å²) in [6.45, 7) is 1.83. The van der Waals surface area contributed by atoms with Gasteiger partial charge in [-0.3, -0.25) is 18.8 Å². The van der Waals surface area contributed by atoms with E-state index in [4.69, 9.17) is 10.7 Å². The first-order valence-electron chi connectivity index (χ1n) is 13.6. The minimum absolute atomic E-state index is 0.0739. The van der Waals surface area contributed by atoms with Gasteiger partial charge in [-0.2, -0.15) is 13.2 Å². The van der Waals surface area contributed by atoms with E-state index in [9.17, 15) is 32.7 Å². The number of nitrogens with two attached hydrogens (primary N) is 1. The van der Waals surface area contributed by atoms with E-state index in [0.717, 1.165) is 17.7 Å². The van der Waals surface area contributed by atoms with E-state index in [1.54, 1.807) is 28.8 Å². The number of rotatable bonds is 5. The molecule has 2 bridgehead atoms. The van der Waals surface area contributed by atoms with Crippen molar-refractivity contribution in [3.63, 3.8) is 0 Å². The number of aliphatic carboxylic acids is 1. The molecule has 216 valence electrons.